The maximum absolute atomic E-state index is 6.13. The Morgan fingerprint density at radius 1 is 1.29 bits per heavy atom. The molecule has 4 rings (SSSR count). The summed E-state index contributed by atoms with van der Waals surface area (Å²) in [6, 6.07) is 9.72. The van der Waals surface area contributed by atoms with E-state index in [1.807, 2.05) is 25.2 Å². The molecule has 0 amide bonds. The molecular formula is C20H22BrN5O2. The molecule has 1 unspecified atom stereocenters. The Hall–Kier alpha value is -2.45. The van der Waals surface area contributed by atoms with Gasteiger partial charge >= 0.3 is 0 Å². The normalized spacial score (nSPS) is 16.4. The Labute approximate surface area is 172 Å². The van der Waals surface area contributed by atoms with Crippen molar-refractivity contribution in [3.05, 3.63) is 46.7 Å². The lowest BCUT2D eigenvalue weighted by Crippen LogP contribution is -2.21. The van der Waals surface area contributed by atoms with Gasteiger partial charge in [-0.25, -0.2) is 15.0 Å². The van der Waals surface area contributed by atoms with Crippen LogP contribution in [0, 0.1) is 0 Å². The van der Waals surface area contributed by atoms with Gasteiger partial charge in [-0.05, 0) is 47.0 Å². The molecule has 1 atom stereocenters. The van der Waals surface area contributed by atoms with Gasteiger partial charge in [0.2, 0.25) is 0 Å². The standard InChI is InChI=1S/C20H22BrN5O2/c1-26(20-15-7-8-17(22)25-19(15)23-12-24-20)10-13-4-2-6-16(21)18(13)28-11-14-5-3-9-27-14/h2,4,6-8,12,14H,3,5,9-11H2,1H3,(H2,22,23,24,25). The highest BCUT2D eigenvalue weighted by atomic mass is 79.9. The summed E-state index contributed by atoms with van der Waals surface area (Å²) in [7, 11) is 1.99. The first-order chi connectivity index (χ1) is 13.6. The number of halogens is 1. The summed E-state index contributed by atoms with van der Waals surface area (Å²) >= 11 is 3.62. The SMILES string of the molecule is CN(Cc1cccc(Br)c1OCC1CCCO1)c1ncnc2nc(N)ccc12. The first-order valence-electron chi connectivity index (χ1n) is 9.22. The number of nitrogen functional groups attached to an aromatic ring is 1. The van der Waals surface area contributed by atoms with Crippen LogP contribution in [0.3, 0.4) is 0 Å². The second-order valence-corrected chi connectivity index (χ2v) is 7.69. The van der Waals surface area contributed by atoms with E-state index in [9.17, 15) is 0 Å². The molecule has 0 saturated carbocycles. The van der Waals surface area contributed by atoms with Crippen molar-refractivity contribution >= 4 is 38.6 Å². The average Bonchev–Trinajstić information content (AvgIpc) is 3.20. The molecule has 8 heteroatoms. The van der Waals surface area contributed by atoms with E-state index in [-0.39, 0.29) is 6.10 Å². The zero-order chi connectivity index (χ0) is 19.5. The highest BCUT2D eigenvalue weighted by Crippen LogP contribution is 2.32. The van der Waals surface area contributed by atoms with Crippen molar-refractivity contribution in [3.63, 3.8) is 0 Å². The number of para-hydroxylation sites is 1. The largest absolute Gasteiger partial charge is 0.489 e. The Kier molecular flexibility index (Phi) is 5.59. The number of ether oxygens (including phenoxy) is 2. The fraction of sp³-hybridized carbons (Fsp3) is 0.350. The van der Waals surface area contributed by atoms with Crippen LogP contribution in [0.1, 0.15) is 18.4 Å². The molecule has 0 aliphatic carbocycles. The van der Waals surface area contributed by atoms with Crippen molar-refractivity contribution < 1.29 is 9.47 Å². The van der Waals surface area contributed by atoms with Crippen LogP contribution in [0.15, 0.2) is 41.1 Å². The summed E-state index contributed by atoms with van der Waals surface area (Å²) in [6.45, 7) is 1.99. The van der Waals surface area contributed by atoms with Crippen molar-refractivity contribution in [2.45, 2.75) is 25.5 Å². The average molecular weight is 444 g/mol. The van der Waals surface area contributed by atoms with Gasteiger partial charge < -0.3 is 20.1 Å². The molecule has 7 nitrogen and oxygen atoms in total. The lowest BCUT2D eigenvalue weighted by Gasteiger charge is -2.22. The number of hydrogen-bond donors (Lipinski definition) is 1. The Balaban J connectivity index is 1.58. The first kappa shape index (κ1) is 18.9. The van der Waals surface area contributed by atoms with Gasteiger partial charge in [0.15, 0.2) is 5.65 Å². The number of aromatic nitrogens is 3. The van der Waals surface area contributed by atoms with Crippen molar-refractivity contribution in [2.75, 3.05) is 30.9 Å². The highest BCUT2D eigenvalue weighted by Gasteiger charge is 2.19. The van der Waals surface area contributed by atoms with E-state index in [1.165, 1.54) is 6.33 Å². The van der Waals surface area contributed by atoms with Crippen LogP contribution >= 0.6 is 15.9 Å². The van der Waals surface area contributed by atoms with E-state index in [2.05, 4.69) is 41.8 Å². The van der Waals surface area contributed by atoms with E-state index < -0.39 is 0 Å². The molecule has 3 heterocycles. The van der Waals surface area contributed by atoms with Gasteiger partial charge in [0, 0.05) is 25.8 Å². The second-order valence-electron chi connectivity index (χ2n) is 6.83. The van der Waals surface area contributed by atoms with Gasteiger partial charge in [0.1, 0.15) is 30.3 Å². The number of rotatable bonds is 6. The summed E-state index contributed by atoms with van der Waals surface area (Å²) in [4.78, 5) is 15.0. The molecule has 2 N–H and O–H groups in total. The minimum Gasteiger partial charge on any atom is -0.489 e. The molecule has 1 fully saturated rings. The van der Waals surface area contributed by atoms with Gasteiger partial charge in [0.25, 0.3) is 0 Å². The molecule has 0 spiro atoms. The first-order valence-corrected chi connectivity index (χ1v) is 10.0. The smallest absolute Gasteiger partial charge is 0.166 e. The van der Waals surface area contributed by atoms with Crippen LogP contribution in [0.5, 0.6) is 5.75 Å². The van der Waals surface area contributed by atoms with Crippen molar-refractivity contribution in [1.29, 1.82) is 0 Å². The third-order valence-electron chi connectivity index (χ3n) is 4.75. The number of benzene rings is 1. The van der Waals surface area contributed by atoms with Crippen molar-refractivity contribution in [2.24, 2.45) is 0 Å². The van der Waals surface area contributed by atoms with Crippen molar-refractivity contribution in [3.8, 4) is 5.75 Å². The number of hydrogen-bond acceptors (Lipinski definition) is 7. The van der Waals surface area contributed by atoms with E-state index >= 15 is 0 Å². The number of nitrogens with two attached hydrogens (primary N) is 1. The number of fused-ring (bicyclic) bond motifs is 1. The van der Waals surface area contributed by atoms with Gasteiger partial charge in [0.05, 0.1) is 16.0 Å². The number of anilines is 2. The Morgan fingerprint density at radius 3 is 3.00 bits per heavy atom. The van der Waals surface area contributed by atoms with Crippen LogP contribution < -0.4 is 15.4 Å². The van der Waals surface area contributed by atoms with Crippen molar-refractivity contribution in [1.82, 2.24) is 15.0 Å². The monoisotopic (exact) mass is 443 g/mol. The molecule has 146 valence electrons. The fourth-order valence-electron chi connectivity index (χ4n) is 3.37. The fourth-order valence-corrected chi connectivity index (χ4v) is 3.89. The molecule has 1 aliphatic heterocycles. The molecule has 0 radical (unpaired) electrons. The Bertz CT molecular complexity index is 978. The maximum atomic E-state index is 6.13. The quantitative estimate of drug-likeness (QED) is 0.622. The molecule has 1 aliphatic rings. The predicted octanol–water partition coefficient (Wildman–Crippen LogP) is 3.56. The summed E-state index contributed by atoms with van der Waals surface area (Å²) in [5.74, 6) is 2.07. The second kappa shape index (κ2) is 8.28. The molecule has 0 bridgehead atoms. The van der Waals surface area contributed by atoms with E-state index in [0.29, 0.717) is 24.6 Å². The van der Waals surface area contributed by atoms with Crippen LogP contribution in [-0.2, 0) is 11.3 Å². The van der Waals surface area contributed by atoms with Gasteiger partial charge in [-0.3, -0.25) is 0 Å². The number of pyridine rings is 1. The lowest BCUT2D eigenvalue weighted by molar-refractivity contribution is 0.0673. The summed E-state index contributed by atoms with van der Waals surface area (Å²) < 4.78 is 12.7. The van der Waals surface area contributed by atoms with E-state index in [1.54, 1.807) is 6.07 Å². The minimum absolute atomic E-state index is 0.167. The zero-order valence-corrected chi connectivity index (χ0v) is 17.2. The van der Waals surface area contributed by atoms with Crippen LogP contribution in [0.2, 0.25) is 0 Å². The third kappa shape index (κ3) is 4.02. The van der Waals surface area contributed by atoms with Crippen LogP contribution in [-0.4, -0.2) is 41.3 Å². The highest BCUT2D eigenvalue weighted by molar-refractivity contribution is 9.10. The molecule has 1 saturated heterocycles. The van der Waals surface area contributed by atoms with E-state index in [4.69, 9.17) is 15.2 Å². The lowest BCUT2D eigenvalue weighted by atomic mass is 10.1. The van der Waals surface area contributed by atoms with Crippen LogP contribution in [0.4, 0.5) is 11.6 Å². The van der Waals surface area contributed by atoms with Gasteiger partial charge in [-0.1, -0.05) is 12.1 Å². The van der Waals surface area contributed by atoms with Crippen LogP contribution in [0.25, 0.3) is 11.0 Å². The molecule has 28 heavy (non-hydrogen) atoms. The van der Waals surface area contributed by atoms with Gasteiger partial charge in [-0.2, -0.15) is 0 Å². The third-order valence-corrected chi connectivity index (χ3v) is 5.38. The number of nitrogens with zero attached hydrogens (tertiary/aromatic N) is 4. The molecule has 1 aromatic carbocycles. The topological polar surface area (TPSA) is 86.4 Å². The van der Waals surface area contributed by atoms with Gasteiger partial charge in [-0.15, -0.1) is 0 Å². The molecule has 2 aromatic heterocycles. The summed E-state index contributed by atoms with van der Waals surface area (Å²) in [5, 5.41) is 0.857. The maximum Gasteiger partial charge on any atom is 0.166 e. The minimum atomic E-state index is 0.167. The molecule has 3 aromatic rings. The summed E-state index contributed by atoms with van der Waals surface area (Å²) in [5.41, 5.74) is 7.42. The predicted molar refractivity (Wildman–Crippen MR) is 112 cm³/mol. The summed E-state index contributed by atoms with van der Waals surface area (Å²) in [6.07, 6.45) is 3.82. The Morgan fingerprint density at radius 2 is 2.18 bits per heavy atom. The van der Waals surface area contributed by atoms with E-state index in [0.717, 1.165) is 46.4 Å². The molecular weight excluding hydrogens is 422 g/mol. The zero-order valence-electron chi connectivity index (χ0n) is 15.6.